The number of rotatable bonds is 7. The summed E-state index contributed by atoms with van der Waals surface area (Å²) in [5.41, 5.74) is 3.33. The zero-order valence-electron chi connectivity index (χ0n) is 13.0. The first kappa shape index (κ1) is 16.2. The molecule has 1 N–H and O–H groups in total. The Balaban J connectivity index is 2.96. The number of aliphatic hydroxyl groups is 1. The summed E-state index contributed by atoms with van der Waals surface area (Å²) in [6.45, 7) is 11.0. The van der Waals surface area contributed by atoms with Crippen molar-refractivity contribution in [3.63, 3.8) is 0 Å². The first-order valence-electron chi connectivity index (χ1n) is 7.37. The Morgan fingerprint density at radius 3 is 2.05 bits per heavy atom. The van der Waals surface area contributed by atoms with Gasteiger partial charge in [0, 0.05) is 13.0 Å². The van der Waals surface area contributed by atoms with Crippen LogP contribution in [0, 0.1) is 13.8 Å². The van der Waals surface area contributed by atoms with E-state index in [-0.39, 0.29) is 0 Å². The fourth-order valence-electron chi connectivity index (χ4n) is 2.86. The van der Waals surface area contributed by atoms with Crippen molar-refractivity contribution < 1.29 is 9.84 Å². The Kier molecular flexibility index (Phi) is 6.02. The van der Waals surface area contributed by atoms with Crippen LogP contribution < -0.4 is 0 Å². The van der Waals surface area contributed by atoms with Crippen LogP contribution >= 0.6 is 0 Å². The molecule has 0 fully saturated rings. The van der Waals surface area contributed by atoms with Gasteiger partial charge in [0.1, 0.15) is 0 Å². The molecule has 0 radical (unpaired) electrons. The quantitative estimate of drug-likeness (QED) is 0.811. The van der Waals surface area contributed by atoms with Crippen molar-refractivity contribution in [3.8, 4) is 0 Å². The second-order valence-corrected chi connectivity index (χ2v) is 5.30. The summed E-state index contributed by atoms with van der Waals surface area (Å²) in [4.78, 5) is 0. The van der Waals surface area contributed by atoms with E-state index in [1.54, 1.807) is 0 Å². The number of aryl methyl sites for hydroxylation is 2. The largest absolute Gasteiger partial charge is 0.390 e. The first-order chi connectivity index (χ1) is 9.00. The molecule has 0 aliphatic rings. The summed E-state index contributed by atoms with van der Waals surface area (Å²) < 4.78 is 5.89. The minimum Gasteiger partial charge on any atom is -0.390 e. The molecule has 1 rings (SSSR count). The zero-order chi connectivity index (χ0) is 14.5. The number of aliphatic hydroxyl groups excluding tert-OH is 1. The third kappa shape index (κ3) is 3.58. The molecule has 0 aliphatic heterocycles. The maximum Gasteiger partial charge on any atom is 0.0938 e. The molecule has 1 aromatic carbocycles. The summed E-state index contributed by atoms with van der Waals surface area (Å²) in [7, 11) is 0. The normalized spacial score (nSPS) is 13.6. The molecular weight excluding hydrogens is 236 g/mol. The Labute approximate surface area is 117 Å². The van der Waals surface area contributed by atoms with Crippen LogP contribution in [0.15, 0.2) is 18.2 Å². The van der Waals surface area contributed by atoms with Gasteiger partial charge >= 0.3 is 0 Å². The Bertz CT molecular complexity index is 374. The van der Waals surface area contributed by atoms with Crippen molar-refractivity contribution >= 4 is 0 Å². The summed E-state index contributed by atoms with van der Waals surface area (Å²) in [5.74, 6) is 0. The van der Waals surface area contributed by atoms with Gasteiger partial charge < -0.3 is 9.84 Å². The van der Waals surface area contributed by atoms with Gasteiger partial charge in [-0.25, -0.2) is 0 Å². The number of benzene rings is 1. The molecule has 1 atom stereocenters. The summed E-state index contributed by atoms with van der Waals surface area (Å²) in [6.07, 6.45) is 1.88. The maximum atomic E-state index is 10.7. The molecule has 0 aliphatic carbocycles. The van der Waals surface area contributed by atoms with E-state index in [2.05, 4.69) is 45.9 Å². The van der Waals surface area contributed by atoms with E-state index in [9.17, 15) is 5.11 Å². The molecule has 0 bridgehead atoms. The lowest BCUT2D eigenvalue weighted by molar-refractivity contribution is -0.124. The highest BCUT2D eigenvalue weighted by atomic mass is 16.5. The van der Waals surface area contributed by atoms with Gasteiger partial charge in [0.2, 0.25) is 0 Å². The molecule has 108 valence electrons. The van der Waals surface area contributed by atoms with Crippen molar-refractivity contribution in [3.05, 3.63) is 34.9 Å². The summed E-state index contributed by atoms with van der Waals surface area (Å²) in [6, 6.07) is 6.28. The van der Waals surface area contributed by atoms with E-state index in [1.165, 1.54) is 16.7 Å². The van der Waals surface area contributed by atoms with Gasteiger partial charge in [0.15, 0.2) is 0 Å². The fraction of sp³-hybridized carbons (Fsp3) is 0.647. The molecular formula is C17H28O2. The van der Waals surface area contributed by atoms with Gasteiger partial charge in [-0.3, -0.25) is 0 Å². The lowest BCUT2D eigenvalue weighted by Gasteiger charge is -2.37. The van der Waals surface area contributed by atoms with Crippen LogP contribution in [-0.4, -0.2) is 23.4 Å². The third-order valence-electron chi connectivity index (χ3n) is 4.28. The molecule has 0 saturated carbocycles. The Morgan fingerprint density at radius 2 is 1.63 bits per heavy atom. The maximum absolute atomic E-state index is 10.7. The second kappa shape index (κ2) is 7.06. The highest BCUT2D eigenvalue weighted by Crippen LogP contribution is 2.28. The van der Waals surface area contributed by atoms with Gasteiger partial charge in [0.25, 0.3) is 0 Å². The smallest absolute Gasteiger partial charge is 0.0938 e. The number of ether oxygens (including phenoxy) is 1. The Hall–Kier alpha value is -0.860. The van der Waals surface area contributed by atoms with Gasteiger partial charge in [-0.15, -0.1) is 0 Å². The topological polar surface area (TPSA) is 29.5 Å². The molecule has 0 heterocycles. The molecule has 19 heavy (non-hydrogen) atoms. The SMILES string of the molecule is CCOC(CC)(CC)C(O)Cc1c(C)cccc1C. The average Bonchev–Trinajstić information content (AvgIpc) is 2.40. The molecule has 2 nitrogen and oxygen atoms in total. The second-order valence-electron chi connectivity index (χ2n) is 5.30. The monoisotopic (exact) mass is 264 g/mol. The first-order valence-corrected chi connectivity index (χ1v) is 7.37. The van der Waals surface area contributed by atoms with Crippen molar-refractivity contribution in [1.82, 2.24) is 0 Å². The predicted octanol–water partition coefficient (Wildman–Crippen LogP) is 3.80. The zero-order valence-corrected chi connectivity index (χ0v) is 13.0. The van der Waals surface area contributed by atoms with E-state index in [0.29, 0.717) is 13.0 Å². The predicted molar refractivity (Wildman–Crippen MR) is 80.6 cm³/mol. The summed E-state index contributed by atoms with van der Waals surface area (Å²) in [5, 5.41) is 10.7. The van der Waals surface area contributed by atoms with Gasteiger partial charge in [0.05, 0.1) is 11.7 Å². The molecule has 0 saturated heterocycles. The molecule has 2 heteroatoms. The van der Waals surface area contributed by atoms with E-state index >= 15 is 0 Å². The molecule has 0 spiro atoms. The van der Waals surface area contributed by atoms with Crippen LogP contribution in [0.1, 0.15) is 50.3 Å². The van der Waals surface area contributed by atoms with Crippen molar-refractivity contribution in [1.29, 1.82) is 0 Å². The highest BCUT2D eigenvalue weighted by Gasteiger charge is 2.35. The third-order valence-corrected chi connectivity index (χ3v) is 4.28. The van der Waals surface area contributed by atoms with Gasteiger partial charge in [-0.2, -0.15) is 0 Å². The van der Waals surface area contributed by atoms with Crippen molar-refractivity contribution in [2.75, 3.05) is 6.61 Å². The fourth-order valence-corrected chi connectivity index (χ4v) is 2.86. The van der Waals surface area contributed by atoms with Crippen LogP contribution in [0.3, 0.4) is 0 Å². The lowest BCUT2D eigenvalue weighted by Crippen LogP contribution is -2.45. The van der Waals surface area contributed by atoms with E-state index in [4.69, 9.17) is 4.74 Å². The van der Waals surface area contributed by atoms with Gasteiger partial charge in [-0.05, 0) is 50.3 Å². The molecule has 0 aromatic heterocycles. The van der Waals surface area contributed by atoms with E-state index in [0.717, 1.165) is 12.8 Å². The average molecular weight is 264 g/mol. The highest BCUT2D eigenvalue weighted by molar-refractivity contribution is 5.34. The minimum atomic E-state index is -0.456. The van der Waals surface area contributed by atoms with Crippen molar-refractivity contribution in [2.24, 2.45) is 0 Å². The van der Waals surface area contributed by atoms with Crippen molar-refractivity contribution in [2.45, 2.75) is 65.6 Å². The van der Waals surface area contributed by atoms with Gasteiger partial charge in [-0.1, -0.05) is 32.0 Å². The number of hydrogen-bond acceptors (Lipinski definition) is 2. The van der Waals surface area contributed by atoms with Crippen LogP contribution in [0.4, 0.5) is 0 Å². The molecule has 1 aromatic rings. The Morgan fingerprint density at radius 1 is 1.11 bits per heavy atom. The van der Waals surface area contributed by atoms with Crippen LogP contribution in [0.25, 0.3) is 0 Å². The molecule has 0 amide bonds. The van der Waals surface area contributed by atoms with E-state index < -0.39 is 11.7 Å². The molecule has 1 unspecified atom stereocenters. The van der Waals surface area contributed by atoms with Crippen LogP contribution in [0.2, 0.25) is 0 Å². The van der Waals surface area contributed by atoms with E-state index in [1.807, 2.05) is 6.92 Å². The summed E-state index contributed by atoms with van der Waals surface area (Å²) >= 11 is 0. The lowest BCUT2D eigenvalue weighted by atomic mass is 9.84. The number of hydrogen-bond donors (Lipinski definition) is 1. The minimum absolute atomic E-state index is 0.413. The standard InChI is InChI=1S/C17H28O2/c1-6-17(7-2,19-8-3)16(18)12-15-13(4)10-9-11-14(15)5/h9-11,16,18H,6-8,12H2,1-5H3. The van der Waals surface area contributed by atoms with Crippen LogP contribution in [0.5, 0.6) is 0 Å². The van der Waals surface area contributed by atoms with Crippen LogP contribution in [-0.2, 0) is 11.2 Å².